The van der Waals surface area contributed by atoms with Crippen molar-refractivity contribution >= 4 is 16.8 Å². The second-order valence-corrected chi connectivity index (χ2v) is 8.88. The Bertz CT molecular complexity index is 1030. The van der Waals surface area contributed by atoms with Crippen LogP contribution in [0.15, 0.2) is 60.7 Å². The standard InChI is InChI=1S/C26H30N2O2/c29-25-15-7-5-12-21(25)23-14-8-16-27(23)26(30)24-17-20-11-4-6-13-22(20)28(24)18-19-9-2-1-3-10-19/h1-4,6,9-11,13,17,21,23,25,29H,5,7-8,12,14-16,18H2/t21-,23-,25+/m1/s1. The molecule has 0 spiro atoms. The summed E-state index contributed by atoms with van der Waals surface area (Å²) in [6.07, 6.45) is 5.93. The third kappa shape index (κ3) is 3.54. The minimum absolute atomic E-state index is 0.113. The van der Waals surface area contributed by atoms with Crippen molar-refractivity contribution in [2.24, 2.45) is 5.92 Å². The number of aliphatic hydroxyl groups excluding tert-OH is 1. The average molecular weight is 403 g/mol. The van der Waals surface area contributed by atoms with Gasteiger partial charge in [0.1, 0.15) is 5.69 Å². The molecule has 2 aromatic carbocycles. The Morgan fingerprint density at radius 2 is 1.70 bits per heavy atom. The van der Waals surface area contributed by atoms with E-state index in [0.717, 1.165) is 61.7 Å². The molecule has 156 valence electrons. The molecule has 1 aliphatic heterocycles. The number of rotatable bonds is 4. The topological polar surface area (TPSA) is 45.5 Å². The lowest BCUT2D eigenvalue weighted by atomic mass is 9.80. The van der Waals surface area contributed by atoms with Crippen LogP contribution in [0.5, 0.6) is 0 Å². The van der Waals surface area contributed by atoms with Crippen molar-refractivity contribution in [1.29, 1.82) is 0 Å². The highest BCUT2D eigenvalue weighted by atomic mass is 16.3. The SMILES string of the molecule is O=C(c1cc2ccccc2n1Cc1ccccc1)N1CCC[C@@H]1[C@H]1CCCC[C@@H]1O. The summed E-state index contributed by atoms with van der Waals surface area (Å²) >= 11 is 0. The second-order valence-electron chi connectivity index (χ2n) is 8.88. The van der Waals surface area contributed by atoms with E-state index in [1.165, 1.54) is 5.56 Å². The van der Waals surface area contributed by atoms with Crippen LogP contribution in [0.25, 0.3) is 10.9 Å². The van der Waals surface area contributed by atoms with Crippen molar-refractivity contribution in [2.45, 2.75) is 57.2 Å². The lowest BCUT2D eigenvalue weighted by molar-refractivity contribution is 0.0208. The smallest absolute Gasteiger partial charge is 0.270 e. The molecule has 3 atom stereocenters. The molecule has 2 aliphatic rings. The van der Waals surface area contributed by atoms with E-state index in [4.69, 9.17) is 0 Å². The average Bonchev–Trinajstić information content (AvgIpc) is 3.40. The fraction of sp³-hybridized carbons (Fsp3) is 0.423. The Morgan fingerprint density at radius 3 is 2.53 bits per heavy atom. The van der Waals surface area contributed by atoms with Gasteiger partial charge in [0.05, 0.1) is 6.10 Å². The van der Waals surface area contributed by atoms with E-state index >= 15 is 0 Å². The van der Waals surface area contributed by atoms with E-state index in [1.807, 2.05) is 36.4 Å². The number of carbonyl (C=O) groups excluding carboxylic acids is 1. The number of hydrogen-bond donors (Lipinski definition) is 1. The number of likely N-dealkylation sites (tertiary alicyclic amines) is 1. The molecule has 5 rings (SSSR count). The molecule has 1 saturated carbocycles. The molecule has 0 bridgehead atoms. The zero-order valence-corrected chi connectivity index (χ0v) is 17.4. The van der Waals surface area contributed by atoms with Crippen molar-refractivity contribution in [3.63, 3.8) is 0 Å². The van der Waals surface area contributed by atoms with Crippen molar-refractivity contribution in [3.8, 4) is 0 Å². The van der Waals surface area contributed by atoms with Gasteiger partial charge < -0.3 is 14.6 Å². The predicted octanol–water partition coefficient (Wildman–Crippen LogP) is 4.85. The number of amides is 1. The molecule has 1 aromatic heterocycles. The normalized spacial score (nSPS) is 24.4. The molecule has 4 nitrogen and oxygen atoms in total. The maximum absolute atomic E-state index is 13.8. The van der Waals surface area contributed by atoms with Gasteiger partial charge in [-0.15, -0.1) is 0 Å². The van der Waals surface area contributed by atoms with Gasteiger partial charge in [-0.2, -0.15) is 0 Å². The zero-order valence-electron chi connectivity index (χ0n) is 17.4. The van der Waals surface area contributed by atoms with Gasteiger partial charge in [0.2, 0.25) is 0 Å². The molecule has 3 aromatic rings. The van der Waals surface area contributed by atoms with E-state index in [0.29, 0.717) is 6.54 Å². The number of nitrogens with zero attached hydrogens (tertiary/aromatic N) is 2. The Morgan fingerprint density at radius 1 is 0.933 bits per heavy atom. The summed E-state index contributed by atoms with van der Waals surface area (Å²) in [5.41, 5.74) is 3.05. The summed E-state index contributed by atoms with van der Waals surface area (Å²) < 4.78 is 2.17. The summed E-state index contributed by atoms with van der Waals surface area (Å²) in [5.74, 6) is 0.333. The number of fused-ring (bicyclic) bond motifs is 1. The number of aliphatic hydroxyl groups is 1. The molecule has 2 fully saturated rings. The zero-order chi connectivity index (χ0) is 20.5. The fourth-order valence-electron chi connectivity index (χ4n) is 5.55. The maximum Gasteiger partial charge on any atom is 0.270 e. The number of benzene rings is 2. The van der Waals surface area contributed by atoms with Gasteiger partial charge >= 0.3 is 0 Å². The largest absolute Gasteiger partial charge is 0.393 e. The van der Waals surface area contributed by atoms with E-state index in [9.17, 15) is 9.90 Å². The summed E-state index contributed by atoms with van der Waals surface area (Å²) in [5, 5.41) is 11.7. The highest BCUT2D eigenvalue weighted by Crippen LogP contribution is 2.36. The first-order valence-corrected chi connectivity index (χ1v) is 11.3. The maximum atomic E-state index is 13.8. The number of para-hydroxylation sites is 1. The number of aromatic nitrogens is 1. The summed E-state index contributed by atoms with van der Waals surface area (Å²) in [6.45, 7) is 1.47. The van der Waals surface area contributed by atoms with E-state index in [2.05, 4.69) is 33.7 Å². The van der Waals surface area contributed by atoms with Gasteiger partial charge in [0, 0.05) is 36.0 Å². The highest BCUT2D eigenvalue weighted by Gasteiger charge is 2.40. The first-order chi connectivity index (χ1) is 14.7. The third-order valence-corrected chi connectivity index (χ3v) is 7.05. The molecular formula is C26H30N2O2. The van der Waals surface area contributed by atoms with Crippen LogP contribution in [0.1, 0.15) is 54.6 Å². The number of carbonyl (C=O) groups is 1. The summed E-state index contributed by atoms with van der Waals surface area (Å²) in [4.78, 5) is 15.9. The molecule has 4 heteroatoms. The molecule has 1 amide bonds. The predicted molar refractivity (Wildman–Crippen MR) is 120 cm³/mol. The van der Waals surface area contributed by atoms with Crippen LogP contribution in [0.3, 0.4) is 0 Å². The Balaban J connectivity index is 1.50. The molecule has 1 aliphatic carbocycles. The van der Waals surface area contributed by atoms with Gasteiger partial charge in [0.15, 0.2) is 0 Å². The molecule has 0 unspecified atom stereocenters. The van der Waals surface area contributed by atoms with Gasteiger partial charge in [-0.1, -0.05) is 61.4 Å². The summed E-state index contributed by atoms with van der Waals surface area (Å²) in [7, 11) is 0. The van der Waals surface area contributed by atoms with Crippen LogP contribution in [-0.4, -0.2) is 39.2 Å². The molecule has 30 heavy (non-hydrogen) atoms. The van der Waals surface area contributed by atoms with Crippen LogP contribution >= 0.6 is 0 Å². The van der Waals surface area contributed by atoms with Crippen molar-refractivity contribution in [1.82, 2.24) is 9.47 Å². The molecular weight excluding hydrogens is 372 g/mol. The Kier molecular flexibility index (Phi) is 5.34. The van der Waals surface area contributed by atoms with Crippen molar-refractivity contribution in [3.05, 3.63) is 71.9 Å². The lowest BCUT2D eigenvalue weighted by Gasteiger charge is -2.37. The Labute approximate surface area is 178 Å². The van der Waals surface area contributed by atoms with Crippen molar-refractivity contribution in [2.75, 3.05) is 6.54 Å². The molecule has 1 saturated heterocycles. The first-order valence-electron chi connectivity index (χ1n) is 11.3. The second kappa shape index (κ2) is 8.27. The molecule has 2 heterocycles. The van der Waals surface area contributed by atoms with E-state index < -0.39 is 0 Å². The van der Waals surface area contributed by atoms with E-state index in [-0.39, 0.29) is 24.0 Å². The van der Waals surface area contributed by atoms with Gasteiger partial charge in [0.25, 0.3) is 5.91 Å². The van der Waals surface area contributed by atoms with Gasteiger partial charge in [-0.25, -0.2) is 0 Å². The highest BCUT2D eigenvalue weighted by molar-refractivity contribution is 5.99. The first kappa shape index (κ1) is 19.4. The monoisotopic (exact) mass is 402 g/mol. The van der Waals surface area contributed by atoms with Crippen molar-refractivity contribution < 1.29 is 9.90 Å². The quantitative estimate of drug-likeness (QED) is 0.678. The Hall–Kier alpha value is -2.59. The number of hydrogen-bond acceptors (Lipinski definition) is 2. The summed E-state index contributed by atoms with van der Waals surface area (Å²) in [6, 6.07) is 20.8. The molecule has 1 N–H and O–H groups in total. The minimum Gasteiger partial charge on any atom is -0.393 e. The lowest BCUT2D eigenvalue weighted by Crippen LogP contribution is -2.45. The van der Waals surface area contributed by atoms with E-state index in [1.54, 1.807) is 0 Å². The molecule has 0 radical (unpaired) electrons. The van der Waals surface area contributed by atoms with Gasteiger partial charge in [-0.05, 0) is 43.4 Å². The minimum atomic E-state index is -0.271. The van der Waals surface area contributed by atoms with Gasteiger partial charge in [-0.3, -0.25) is 4.79 Å². The van der Waals surface area contributed by atoms with Crippen LogP contribution in [0.2, 0.25) is 0 Å². The van der Waals surface area contributed by atoms with Crippen LogP contribution < -0.4 is 0 Å². The van der Waals surface area contributed by atoms with Crippen LogP contribution in [-0.2, 0) is 6.54 Å². The van der Waals surface area contributed by atoms with Crippen LogP contribution in [0.4, 0.5) is 0 Å². The fourth-order valence-corrected chi connectivity index (χ4v) is 5.55. The third-order valence-electron chi connectivity index (χ3n) is 7.05. The van der Waals surface area contributed by atoms with Crippen LogP contribution in [0, 0.1) is 5.92 Å².